The molecule has 0 unspecified atom stereocenters. The molecule has 2 aliphatic heterocycles. The normalized spacial score (nSPS) is 19.4. The molecule has 35 heavy (non-hydrogen) atoms. The minimum absolute atomic E-state index is 0.139. The first-order chi connectivity index (χ1) is 16.8. The lowest BCUT2D eigenvalue weighted by molar-refractivity contribution is -0.133. The summed E-state index contributed by atoms with van der Waals surface area (Å²) in [5.41, 5.74) is 2.51. The monoisotopic (exact) mass is 494 g/mol. The van der Waals surface area contributed by atoms with E-state index in [4.69, 9.17) is 4.52 Å². The van der Waals surface area contributed by atoms with Crippen molar-refractivity contribution in [2.45, 2.75) is 31.3 Å². The number of sulfonamides is 1. The number of rotatable bonds is 5. The van der Waals surface area contributed by atoms with Gasteiger partial charge in [-0.1, -0.05) is 41.6 Å². The summed E-state index contributed by atoms with van der Waals surface area (Å²) in [7, 11) is -3.64. The number of hydrogen-bond donors (Lipinski definition) is 1. The topological polar surface area (TPSA) is 121 Å². The molecule has 1 aromatic heterocycles. The number of hydrogen-bond acceptors (Lipinski definition) is 8. The van der Waals surface area contributed by atoms with Crippen LogP contribution in [0.4, 0.5) is 0 Å². The van der Waals surface area contributed by atoms with Crippen LogP contribution in [-0.2, 0) is 21.4 Å². The van der Waals surface area contributed by atoms with Crippen LogP contribution in [0.15, 0.2) is 62.9 Å². The summed E-state index contributed by atoms with van der Waals surface area (Å²) < 4.78 is 32.5. The number of carbonyl (C=O) groups excluding carboxylic acids is 1. The van der Waals surface area contributed by atoms with Gasteiger partial charge in [0.25, 0.3) is 10.0 Å². The van der Waals surface area contributed by atoms with Gasteiger partial charge in [-0.2, -0.15) is 4.98 Å². The second-order valence-electron chi connectivity index (χ2n) is 8.68. The number of benzene rings is 2. The van der Waals surface area contributed by atoms with Gasteiger partial charge in [0, 0.05) is 37.3 Å². The Morgan fingerprint density at radius 2 is 1.77 bits per heavy atom. The van der Waals surface area contributed by atoms with Gasteiger partial charge in [0.2, 0.25) is 17.6 Å². The fourth-order valence-electron chi connectivity index (χ4n) is 4.31. The van der Waals surface area contributed by atoms with E-state index in [0.29, 0.717) is 50.0 Å². The van der Waals surface area contributed by atoms with Crippen LogP contribution in [0.2, 0.25) is 0 Å². The van der Waals surface area contributed by atoms with Gasteiger partial charge in [-0.05, 0) is 31.5 Å². The Balaban J connectivity index is 1.19. The van der Waals surface area contributed by atoms with E-state index < -0.39 is 16.1 Å². The fraction of sp³-hybridized carbons (Fsp3) is 0.333. The van der Waals surface area contributed by atoms with E-state index in [-0.39, 0.29) is 16.6 Å². The van der Waals surface area contributed by atoms with Crippen molar-refractivity contribution in [3.8, 4) is 11.4 Å². The second-order valence-corrected chi connectivity index (χ2v) is 10.3. The Labute approximate surface area is 203 Å². The average Bonchev–Trinajstić information content (AvgIpc) is 3.41. The number of nitrogens with zero attached hydrogens (tertiary/aromatic N) is 5. The van der Waals surface area contributed by atoms with Gasteiger partial charge < -0.3 is 9.42 Å². The molecule has 1 atom stereocenters. The zero-order chi connectivity index (χ0) is 24.6. The molecule has 0 radical (unpaired) electrons. The number of aromatic nitrogens is 2. The van der Waals surface area contributed by atoms with Crippen LogP contribution in [0.25, 0.3) is 11.4 Å². The summed E-state index contributed by atoms with van der Waals surface area (Å²) in [6.07, 6.45) is 0. The van der Waals surface area contributed by atoms with E-state index in [1.807, 2.05) is 31.2 Å². The third-order valence-corrected chi connectivity index (χ3v) is 7.64. The minimum atomic E-state index is -3.64. The third kappa shape index (κ3) is 4.69. The molecule has 1 amide bonds. The van der Waals surface area contributed by atoms with Crippen molar-refractivity contribution >= 4 is 21.8 Å². The summed E-state index contributed by atoms with van der Waals surface area (Å²) >= 11 is 0. The highest BCUT2D eigenvalue weighted by atomic mass is 32.2. The summed E-state index contributed by atoms with van der Waals surface area (Å²) in [5.74, 6) is 1.18. The molecule has 3 aromatic rings. The van der Waals surface area contributed by atoms with Crippen molar-refractivity contribution in [2.75, 3.05) is 26.2 Å². The van der Waals surface area contributed by atoms with Crippen LogP contribution >= 0.6 is 0 Å². The van der Waals surface area contributed by atoms with Crippen molar-refractivity contribution < 1.29 is 17.7 Å². The molecule has 0 aliphatic carbocycles. The zero-order valence-corrected chi connectivity index (χ0v) is 20.3. The largest absolute Gasteiger partial charge is 0.338 e. The van der Waals surface area contributed by atoms with Crippen LogP contribution in [-0.4, -0.2) is 72.3 Å². The maximum absolute atomic E-state index is 13.0. The molecule has 1 saturated heterocycles. The van der Waals surface area contributed by atoms with Gasteiger partial charge in [0.1, 0.15) is 11.9 Å². The standard InChI is InChI=1S/C24H26N6O4S/c1-16-7-3-4-8-18(16)22-26-21(34-27-22)15-29-11-13-30(14-12-29)24(31)17(2)25-23-19-9-5-6-10-20(19)35(32,33)28-23/h3-10,17H,11-15H2,1-2H3,(H,25,28)/t17-/m0/s1. The van der Waals surface area contributed by atoms with Crippen molar-refractivity contribution in [3.63, 3.8) is 0 Å². The molecular weight excluding hydrogens is 468 g/mol. The van der Waals surface area contributed by atoms with Crippen LogP contribution in [0.5, 0.6) is 0 Å². The molecular formula is C24H26N6O4S. The minimum Gasteiger partial charge on any atom is -0.338 e. The highest BCUT2D eigenvalue weighted by molar-refractivity contribution is 7.90. The smallest absolute Gasteiger partial charge is 0.263 e. The third-order valence-electron chi connectivity index (χ3n) is 6.24. The van der Waals surface area contributed by atoms with Crippen LogP contribution < -0.4 is 4.72 Å². The van der Waals surface area contributed by atoms with Gasteiger partial charge in [-0.15, -0.1) is 0 Å². The molecule has 11 heteroatoms. The van der Waals surface area contributed by atoms with Gasteiger partial charge in [-0.25, -0.2) is 8.42 Å². The SMILES string of the molecule is Cc1ccccc1-c1noc(CN2CCN(C(=O)[C@H](C)N=C3NS(=O)(=O)c4ccccc43)CC2)n1. The van der Waals surface area contributed by atoms with Gasteiger partial charge in [0.05, 0.1) is 11.4 Å². The molecule has 0 spiro atoms. The Morgan fingerprint density at radius 1 is 1.09 bits per heavy atom. The zero-order valence-electron chi connectivity index (χ0n) is 19.5. The first-order valence-corrected chi connectivity index (χ1v) is 12.9. The van der Waals surface area contributed by atoms with E-state index in [0.717, 1.165) is 11.1 Å². The summed E-state index contributed by atoms with van der Waals surface area (Å²) in [4.78, 5) is 26.0. The first-order valence-electron chi connectivity index (χ1n) is 11.4. The van der Waals surface area contributed by atoms with E-state index in [1.54, 1.807) is 30.0 Å². The van der Waals surface area contributed by atoms with Gasteiger partial charge >= 0.3 is 0 Å². The highest BCUT2D eigenvalue weighted by Crippen LogP contribution is 2.23. The molecule has 0 bridgehead atoms. The molecule has 1 N–H and O–H groups in total. The molecule has 1 fully saturated rings. The number of aryl methyl sites for hydroxylation is 1. The number of fused-ring (bicyclic) bond motifs is 1. The van der Waals surface area contributed by atoms with Crippen molar-refractivity contribution in [3.05, 3.63) is 65.5 Å². The lowest BCUT2D eigenvalue weighted by Gasteiger charge is -2.34. The van der Waals surface area contributed by atoms with E-state index in [9.17, 15) is 13.2 Å². The number of nitrogens with one attached hydrogen (secondary N) is 1. The molecule has 182 valence electrons. The summed E-state index contributed by atoms with van der Waals surface area (Å²) in [5, 5.41) is 4.11. The average molecular weight is 495 g/mol. The number of aliphatic imine (C=N–C) groups is 1. The molecule has 2 aromatic carbocycles. The predicted molar refractivity (Wildman–Crippen MR) is 129 cm³/mol. The quantitative estimate of drug-likeness (QED) is 0.574. The van der Waals surface area contributed by atoms with Crippen molar-refractivity contribution in [2.24, 2.45) is 4.99 Å². The van der Waals surface area contributed by atoms with Crippen LogP contribution in [0, 0.1) is 6.92 Å². The van der Waals surface area contributed by atoms with E-state index in [1.165, 1.54) is 6.07 Å². The maximum Gasteiger partial charge on any atom is 0.263 e. The lowest BCUT2D eigenvalue weighted by atomic mass is 10.1. The predicted octanol–water partition coefficient (Wildman–Crippen LogP) is 1.82. The molecule has 10 nitrogen and oxygen atoms in total. The number of piperazine rings is 1. The molecule has 2 aliphatic rings. The van der Waals surface area contributed by atoms with Crippen LogP contribution in [0.3, 0.4) is 0 Å². The number of amides is 1. The van der Waals surface area contributed by atoms with Gasteiger partial charge in [0.15, 0.2) is 0 Å². The Hall–Kier alpha value is -3.57. The number of amidine groups is 1. The number of carbonyl (C=O) groups is 1. The molecule has 3 heterocycles. The van der Waals surface area contributed by atoms with Crippen molar-refractivity contribution in [1.29, 1.82) is 0 Å². The van der Waals surface area contributed by atoms with E-state index in [2.05, 4.69) is 24.8 Å². The van der Waals surface area contributed by atoms with Gasteiger partial charge in [-0.3, -0.25) is 19.4 Å². The summed E-state index contributed by atoms with van der Waals surface area (Å²) in [6, 6.07) is 13.8. The fourth-order valence-corrected chi connectivity index (χ4v) is 5.55. The summed E-state index contributed by atoms with van der Waals surface area (Å²) in [6.45, 7) is 6.59. The lowest BCUT2D eigenvalue weighted by Crippen LogP contribution is -2.50. The highest BCUT2D eigenvalue weighted by Gasteiger charge is 2.32. The second kappa shape index (κ2) is 9.23. The maximum atomic E-state index is 13.0. The molecule has 0 saturated carbocycles. The molecule has 5 rings (SSSR count). The van der Waals surface area contributed by atoms with E-state index >= 15 is 0 Å². The Bertz CT molecular complexity index is 1390. The first kappa shape index (κ1) is 23.2. The van der Waals surface area contributed by atoms with Crippen molar-refractivity contribution in [1.82, 2.24) is 24.7 Å². The Morgan fingerprint density at radius 3 is 2.51 bits per heavy atom. The van der Waals surface area contributed by atoms with Crippen LogP contribution in [0.1, 0.15) is 23.9 Å². The Kier molecular flexibility index (Phi) is 6.12.